The van der Waals surface area contributed by atoms with Crippen LogP contribution in [0.4, 0.5) is 5.69 Å². The molecule has 0 saturated carbocycles. The largest absolute Gasteiger partial charge is 0.452 e. The summed E-state index contributed by atoms with van der Waals surface area (Å²) in [6, 6.07) is 14.8. The van der Waals surface area contributed by atoms with Crippen molar-refractivity contribution in [2.45, 2.75) is 20.8 Å². The number of hydrogen-bond acceptors (Lipinski definition) is 3. The van der Waals surface area contributed by atoms with Gasteiger partial charge in [0.05, 0.1) is 5.56 Å². The van der Waals surface area contributed by atoms with Crippen LogP contribution in [-0.2, 0) is 9.53 Å². The first-order chi connectivity index (χ1) is 11.0. The lowest BCUT2D eigenvalue weighted by molar-refractivity contribution is -0.121. The van der Waals surface area contributed by atoms with E-state index >= 15 is 0 Å². The van der Waals surface area contributed by atoms with E-state index < -0.39 is 5.97 Å². The molecule has 23 heavy (non-hydrogen) atoms. The van der Waals surface area contributed by atoms with Crippen LogP contribution in [-0.4, -0.2) is 25.0 Å². The van der Waals surface area contributed by atoms with Gasteiger partial charge in [0.15, 0.2) is 6.61 Å². The third-order valence-corrected chi connectivity index (χ3v) is 3.84. The van der Waals surface area contributed by atoms with Gasteiger partial charge in [-0.25, -0.2) is 4.79 Å². The van der Waals surface area contributed by atoms with Crippen LogP contribution in [0.2, 0.25) is 0 Å². The summed E-state index contributed by atoms with van der Waals surface area (Å²) in [6.45, 7) is 5.94. The first-order valence-electron chi connectivity index (χ1n) is 7.63. The van der Waals surface area contributed by atoms with Crippen LogP contribution in [0, 0.1) is 13.8 Å². The van der Waals surface area contributed by atoms with Gasteiger partial charge in [0.25, 0.3) is 5.91 Å². The Kier molecular flexibility index (Phi) is 5.52. The molecule has 2 aromatic carbocycles. The topological polar surface area (TPSA) is 46.6 Å². The van der Waals surface area contributed by atoms with Gasteiger partial charge < -0.3 is 9.64 Å². The molecule has 120 valence electrons. The maximum atomic E-state index is 12.3. The quantitative estimate of drug-likeness (QED) is 0.794. The Bertz CT molecular complexity index is 695. The van der Waals surface area contributed by atoms with Gasteiger partial charge in [0.1, 0.15) is 0 Å². The van der Waals surface area contributed by atoms with Crippen molar-refractivity contribution >= 4 is 17.6 Å². The molecule has 0 fully saturated rings. The van der Waals surface area contributed by atoms with E-state index in [4.69, 9.17) is 4.74 Å². The number of amides is 1. The summed E-state index contributed by atoms with van der Waals surface area (Å²) in [4.78, 5) is 26.1. The molecule has 0 saturated heterocycles. The van der Waals surface area contributed by atoms with E-state index in [-0.39, 0.29) is 12.5 Å². The lowest BCUT2D eigenvalue weighted by Crippen LogP contribution is -2.34. The van der Waals surface area contributed by atoms with Gasteiger partial charge in [-0.1, -0.05) is 30.3 Å². The number of carbonyl (C=O) groups excluding carboxylic acids is 2. The average Bonchev–Trinajstić information content (AvgIpc) is 2.57. The summed E-state index contributed by atoms with van der Waals surface area (Å²) < 4.78 is 5.20. The summed E-state index contributed by atoms with van der Waals surface area (Å²) in [5.41, 5.74) is 3.19. The van der Waals surface area contributed by atoms with Gasteiger partial charge >= 0.3 is 5.97 Å². The number of rotatable bonds is 5. The molecule has 0 aliphatic rings. The van der Waals surface area contributed by atoms with Crippen molar-refractivity contribution < 1.29 is 14.3 Å². The minimum Gasteiger partial charge on any atom is -0.452 e. The molecular weight excluding hydrogens is 290 g/mol. The number of ether oxygens (including phenoxy) is 1. The van der Waals surface area contributed by atoms with E-state index in [0.717, 1.165) is 16.8 Å². The van der Waals surface area contributed by atoms with Crippen LogP contribution in [0.5, 0.6) is 0 Å². The van der Waals surface area contributed by atoms with Crippen molar-refractivity contribution in [2.75, 3.05) is 18.1 Å². The molecule has 0 heterocycles. The number of nitrogens with zero attached hydrogens (tertiary/aromatic N) is 1. The summed E-state index contributed by atoms with van der Waals surface area (Å²) in [6.07, 6.45) is 0. The van der Waals surface area contributed by atoms with Crippen molar-refractivity contribution in [2.24, 2.45) is 0 Å². The van der Waals surface area contributed by atoms with E-state index in [1.165, 1.54) is 0 Å². The first-order valence-corrected chi connectivity index (χ1v) is 7.63. The van der Waals surface area contributed by atoms with Crippen molar-refractivity contribution in [3.05, 3.63) is 65.2 Å². The molecule has 0 unspecified atom stereocenters. The first kappa shape index (κ1) is 16.7. The Morgan fingerprint density at radius 1 is 1.00 bits per heavy atom. The minimum absolute atomic E-state index is 0.239. The number of aryl methyl sites for hydroxylation is 1. The maximum Gasteiger partial charge on any atom is 0.338 e. The molecule has 4 nitrogen and oxygen atoms in total. The fraction of sp³-hybridized carbons (Fsp3) is 0.263. The third kappa shape index (κ3) is 3.97. The van der Waals surface area contributed by atoms with E-state index in [9.17, 15) is 9.59 Å². The summed E-state index contributed by atoms with van der Waals surface area (Å²) >= 11 is 0. The monoisotopic (exact) mass is 311 g/mol. The molecule has 0 aliphatic heterocycles. The number of likely N-dealkylation sites (N-methyl/N-ethyl adjacent to an activating group) is 1. The smallest absolute Gasteiger partial charge is 0.338 e. The fourth-order valence-electron chi connectivity index (χ4n) is 2.37. The molecular formula is C19H21NO3. The normalized spacial score (nSPS) is 10.2. The number of benzene rings is 2. The number of para-hydroxylation sites is 1. The lowest BCUT2D eigenvalue weighted by atomic mass is 10.0. The zero-order valence-corrected chi connectivity index (χ0v) is 13.7. The number of esters is 1. The Morgan fingerprint density at radius 3 is 2.35 bits per heavy atom. The highest BCUT2D eigenvalue weighted by Gasteiger charge is 2.17. The second kappa shape index (κ2) is 7.58. The van der Waals surface area contributed by atoms with Gasteiger partial charge in [-0.05, 0) is 50.1 Å². The fourth-order valence-corrected chi connectivity index (χ4v) is 2.37. The highest BCUT2D eigenvalue weighted by molar-refractivity contribution is 5.97. The molecule has 0 atom stereocenters. The molecule has 0 aliphatic carbocycles. The number of hydrogen-bond donors (Lipinski definition) is 0. The Balaban J connectivity index is 2.03. The molecule has 0 spiro atoms. The predicted octanol–water partition coefficient (Wildman–Crippen LogP) is 3.51. The van der Waals surface area contributed by atoms with Crippen molar-refractivity contribution in [1.29, 1.82) is 0 Å². The predicted molar refractivity (Wildman–Crippen MR) is 90.7 cm³/mol. The van der Waals surface area contributed by atoms with E-state index in [2.05, 4.69) is 0 Å². The van der Waals surface area contributed by atoms with E-state index in [1.807, 2.05) is 63.2 Å². The third-order valence-electron chi connectivity index (χ3n) is 3.84. The molecule has 0 bridgehead atoms. The summed E-state index contributed by atoms with van der Waals surface area (Å²) in [5.74, 6) is -0.707. The van der Waals surface area contributed by atoms with E-state index in [0.29, 0.717) is 12.1 Å². The van der Waals surface area contributed by atoms with Crippen molar-refractivity contribution in [3.63, 3.8) is 0 Å². The average molecular weight is 311 g/mol. The molecule has 0 aromatic heterocycles. The second-order valence-electron chi connectivity index (χ2n) is 5.30. The summed E-state index contributed by atoms with van der Waals surface area (Å²) in [7, 11) is 0. The molecule has 0 N–H and O–H groups in total. The van der Waals surface area contributed by atoms with Crippen molar-refractivity contribution in [3.8, 4) is 0 Å². The van der Waals surface area contributed by atoms with Gasteiger partial charge in [0.2, 0.25) is 0 Å². The van der Waals surface area contributed by atoms with Gasteiger partial charge in [0, 0.05) is 12.2 Å². The molecule has 4 heteroatoms. The van der Waals surface area contributed by atoms with Crippen LogP contribution in [0.3, 0.4) is 0 Å². The molecule has 0 radical (unpaired) electrons. The number of carbonyl (C=O) groups is 2. The molecule has 1 amide bonds. The highest BCUT2D eigenvalue weighted by atomic mass is 16.5. The van der Waals surface area contributed by atoms with Crippen molar-refractivity contribution in [1.82, 2.24) is 0 Å². The van der Waals surface area contributed by atoms with Crippen LogP contribution in [0.1, 0.15) is 28.4 Å². The van der Waals surface area contributed by atoms with Crippen LogP contribution in [0.15, 0.2) is 48.5 Å². The Hall–Kier alpha value is -2.62. The van der Waals surface area contributed by atoms with Crippen LogP contribution >= 0.6 is 0 Å². The maximum absolute atomic E-state index is 12.3. The van der Waals surface area contributed by atoms with E-state index in [1.54, 1.807) is 11.0 Å². The second-order valence-corrected chi connectivity index (χ2v) is 5.30. The minimum atomic E-state index is -0.469. The summed E-state index contributed by atoms with van der Waals surface area (Å²) in [5, 5.41) is 0. The zero-order valence-electron chi connectivity index (χ0n) is 13.7. The standard InChI is InChI=1S/C19H21NO3/c1-4-20(16-10-6-5-7-11-16)18(21)13-23-19(22)17-12-8-9-14(2)15(17)3/h5-12H,4,13H2,1-3H3. The van der Waals surface area contributed by atoms with Gasteiger partial charge in [-0.3, -0.25) is 4.79 Å². The van der Waals surface area contributed by atoms with Gasteiger partial charge in [-0.15, -0.1) is 0 Å². The lowest BCUT2D eigenvalue weighted by Gasteiger charge is -2.20. The molecule has 2 rings (SSSR count). The number of anilines is 1. The van der Waals surface area contributed by atoms with Gasteiger partial charge in [-0.2, -0.15) is 0 Å². The highest BCUT2D eigenvalue weighted by Crippen LogP contribution is 2.15. The Labute approximate surface area is 136 Å². The molecule has 2 aromatic rings. The zero-order chi connectivity index (χ0) is 16.8. The SMILES string of the molecule is CCN(C(=O)COC(=O)c1cccc(C)c1C)c1ccccc1. The Morgan fingerprint density at radius 2 is 1.70 bits per heavy atom. The van der Waals surface area contributed by atoms with Crippen LogP contribution in [0.25, 0.3) is 0 Å². The van der Waals surface area contributed by atoms with Crippen LogP contribution < -0.4 is 4.90 Å².